The standard InChI is InChI=1S/C21H24BrNO4S/c1-15-11-16(2)13-23(12-15)28(25,26)20-9-5-18(6-10-20)21(24)27-14-17-3-7-19(22)8-4-17/h3-10,15-16H,11-14H2,1-2H3. The number of hydrogen-bond donors (Lipinski definition) is 0. The smallest absolute Gasteiger partial charge is 0.338 e. The molecule has 7 heteroatoms. The van der Waals surface area contributed by atoms with Crippen LogP contribution >= 0.6 is 15.9 Å². The SMILES string of the molecule is CC1CC(C)CN(S(=O)(=O)c2ccc(C(=O)OCc3ccc(Br)cc3)cc2)C1. The van der Waals surface area contributed by atoms with Gasteiger partial charge >= 0.3 is 5.97 Å². The fraction of sp³-hybridized carbons (Fsp3) is 0.381. The maximum absolute atomic E-state index is 12.9. The van der Waals surface area contributed by atoms with Crippen molar-refractivity contribution in [2.75, 3.05) is 13.1 Å². The molecule has 3 rings (SSSR count). The van der Waals surface area contributed by atoms with Crippen LogP contribution in [0.15, 0.2) is 57.9 Å². The third kappa shape index (κ3) is 5.01. The molecule has 0 aromatic heterocycles. The summed E-state index contributed by atoms with van der Waals surface area (Å²) in [5.41, 5.74) is 1.21. The molecule has 0 saturated carbocycles. The Morgan fingerprint density at radius 3 is 2.18 bits per heavy atom. The van der Waals surface area contributed by atoms with E-state index in [0.29, 0.717) is 30.5 Å². The highest BCUT2D eigenvalue weighted by molar-refractivity contribution is 9.10. The van der Waals surface area contributed by atoms with Gasteiger partial charge in [0.15, 0.2) is 0 Å². The van der Waals surface area contributed by atoms with Crippen LogP contribution in [0.3, 0.4) is 0 Å². The van der Waals surface area contributed by atoms with Crippen molar-refractivity contribution < 1.29 is 17.9 Å². The van der Waals surface area contributed by atoms with Gasteiger partial charge in [-0.15, -0.1) is 0 Å². The number of hydrogen-bond acceptors (Lipinski definition) is 4. The first-order valence-electron chi connectivity index (χ1n) is 9.27. The number of esters is 1. The molecule has 5 nitrogen and oxygen atoms in total. The maximum Gasteiger partial charge on any atom is 0.338 e. The van der Waals surface area contributed by atoms with Crippen molar-refractivity contribution in [3.63, 3.8) is 0 Å². The van der Waals surface area contributed by atoms with E-state index in [9.17, 15) is 13.2 Å². The predicted molar refractivity (Wildman–Crippen MR) is 111 cm³/mol. The van der Waals surface area contributed by atoms with Gasteiger partial charge in [-0.1, -0.05) is 41.9 Å². The average molecular weight is 466 g/mol. The van der Waals surface area contributed by atoms with E-state index >= 15 is 0 Å². The number of sulfonamides is 1. The first-order valence-corrected chi connectivity index (χ1v) is 11.5. The average Bonchev–Trinajstić information content (AvgIpc) is 2.66. The molecule has 0 bridgehead atoms. The number of carbonyl (C=O) groups excluding carboxylic acids is 1. The van der Waals surface area contributed by atoms with Crippen LogP contribution in [-0.2, 0) is 21.4 Å². The highest BCUT2D eigenvalue weighted by atomic mass is 79.9. The zero-order chi connectivity index (χ0) is 20.3. The third-order valence-electron chi connectivity index (χ3n) is 4.85. The van der Waals surface area contributed by atoms with Crippen molar-refractivity contribution in [1.29, 1.82) is 0 Å². The van der Waals surface area contributed by atoms with Crippen LogP contribution in [0.5, 0.6) is 0 Å². The van der Waals surface area contributed by atoms with Crippen molar-refractivity contribution in [2.24, 2.45) is 11.8 Å². The Balaban J connectivity index is 1.66. The van der Waals surface area contributed by atoms with Gasteiger partial charge in [0.1, 0.15) is 6.61 Å². The number of ether oxygens (including phenoxy) is 1. The first-order chi connectivity index (χ1) is 13.3. The molecule has 28 heavy (non-hydrogen) atoms. The van der Waals surface area contributed by atoms with Gasteiger partial charge in [-0.05, 0) is 60.2 Å². The predicted octanol–water partition coefficient (Wildman–Crippen LogP) is 4.47. The van der Waals surface area contributed by atoms with Gasteiger partial charge in [-0.2, -0.15) is 4.31 Å². The summed E-state index contributed by atoms with van der Waals surface area (Å²) in [6.07, 6.45) is 1.04. The van der Waals surface area contributed by atoms with E-state index in [0.717, 1.165) is 16.5 Å². The Kier molecular flexibility index (Phi) is 6.58. The molecule has 150 valence electrons. The molecule has 1 fully saturated rings. The van der Waals surface area contributed by atoms with Gasteiger partial charge < -0.3 is 4.74 Å². The largest absolute Gasteiger partial charge is 0.457 e. The van der Waals surface area contributed by atoms with E-state index in [1.165, 1.54) is 24.3 Å². The molecule has 0 radical (unpaired) electrons. The van der Waals surface area contributed by atoms with E-state index < -0.39 is 16.0 Å². The van der Waals surface area contributed by atoms with Gasteiger partial charge in [-0.3, -0.25) is 0 Å². The van der Waals surface area contributed by atoms with Gasteiger partial charge in [0.05, 0.1) is 10.5 Å². The lowest BCUT2D eigenvalue weighted by molar-refractivity contribution is 0.0472. The van der Waals surface area contributed by atoms with Crippen molar-refractivity contribution in [3.05, 3.63) is 64.1 Å². The monoisotopic (exact) mass is 465 g/mol. The second-order valence-electron chi connectivity index (χ2n) is 7.50. The normalized spacial score (nSPS) is 20.7. The van der Waals surface area contributed by atoms with Crippen LogP contribution in [-0.4, -0.2) is 31.8 Å². The molecular weight excluding hydrogens is 442 g/mol. The van der Waals surface area contributed by atoms with Gasteiger partial charge in [0.2, 0.25) is 10.0 Å². The van der Waals surface area contributed by atoms with Crippen LogP contribution in [0.4, 0.5) is 0 Å². The summed E-state index contributed by atoms with van der Waals surface area (Å²) < 4.78 is 33.6. The molecule has 2 aromatic carbocycles. The number of halogens is 1. The van der Waals surface area contributed by atoms with Crippen molar-refractivity contribution >= 4 is 31.9 Å². The highest BCUT2D eigenvalue weighted by Gasteiger charge is 2.31. The minimum atomic E-state index is -3.55. The fourth-order valence-corrected chi connectivity index (χ4v) is 5.47. The molecule has 2 unspecified atom stereocenters. The molecule has 1 aliphatic heterocycles. The number of rotatable bonds is 5. The lowest BCUT2D eigenvalue weighted by atomic mass is 9.94. The summed E-state index contributed by atoms with van der Waals surface area (Å²) in [4.78, 5) is 12.4. The van der Waals surface area contributed by atoms with Crippen molar-refractivity contribution in [1.82, 2.24) is 4.31 Å². The molecule has 1 heterocycles. The summed E-state index contributed by atoms with van der Waals surface area (Å²) in [6.45, 7) is 5.37. The highest BCUT2D eigenvalue weighted by Crippen LogP contribution is 2.26. The van der Waals surface area contributed by atoms with Crippen LogP contribution in [0.2, 0.25) is 0 Å². The number of piperidine rings is 1. The zero-order valence-electron chi connectivity index (χ0n) is 16.0. The topological polar surface area (TPSA) is 63.7 Å². The molecule has 2 atom stereocenters. The Labute approximate surface area is 174 Å². The maximum atomic E-state index is 12.9. The zero-order valence-corrected chi connectivity index (χ0v) is 18.4. The number of carbonyl (C=O) groups is 1. The summed E-state index contributed by atoms with van der Waals surface area (Å²) >= 11 is 3.36. The molecule has 1 aliphatic rings. The second-order valence-corrected chi connectivity index (χ2v) is 10.3. The van der Waals surface area contributed by atoms with Gasteiger partial charge in [0.25, 0.3) is 0 Å². The van der Waals surface area contributed by atoms with E-state index in [1.54, 1.807) is 4.31 Å². The Morgan fingerprint density at radius 1 is 1.04 bits per heavy atom. The Hall–Kier alpha value is -1.70. The summed E-state index contributed by atoms with van der Waals surface area (Å²) in [5.74, 6) is 0.199. The van der Waals surface area contributed by atoms with E-state index in [-0.39, 0.29) is 11.5 Å². The number of nitrogens with zero attached hydrogens (tertiary/aromatic N) is 1. The van der Waals surface area contributed by atoms with Crippen molar-refractivity contribution in [2.45, 2.75) is 31.8 Å². The van der Waals surface area contributed by atoms with Crippen molar-refractivity contribution in [3.8, 4) is 0 Å². The minimum Gasteiger partial charge on any atom is -0.457 e. The van der Waals surface area contributed by atoms with Gasteiger partial charge in [0, 0.05) is 17.6 Å². The molecule has 0 N–H and O–H groups in total. The molecular formula is C21H24BrNO4S. The van der Waals surface area contributed by atoms with Crippen LogP contribution in [0.25, 0.3) is 0 Å². The quantitative estimate of drug-likeness (QED) is 0.610. The Morgan fingerprint density at radius 2 is 1.61 bits per heavy atom. The minimum absolute atomic E-state index is 0.162. The third-order valence-corrected chi connectivity index (χ3v) is 7.22. The summed E-state index contributed by atoms with van der Waals surface area (Å²) in [7, 11) is -3.55. The molecule has 0 spiro atoms. The van der Waals surface area contributed by atoms with Crippen LogP contribution < -0.4 is 0 Å². The van der Waals surface area contributed by atoms with E-state index in [1.807, 2.05) is 24.3 Å². The van der Waals surface area contributed by atoms with E-state index in [2.05, 4.69) is 29.8 Å². The van der Waals surface area contributed by atoms with Gasteiger partial charge in [-0.25, -0.2) is 13.2 Å². The summed E-state index contributed by atoms with van der Waals surface area (Å²) in [6, 6.07) is 13.5. The van der Waals surface area contributed by atoms with Crippen LogP contribution in [0.1, 0.15) is 36.2 Å². The fourth-order valence-electron chi connectivity index (χ4n) is 3.53. The molecule has 0 amide bonds. The van der Waals surface area contributed by atoms with Crippen LogP contribution in [0, 0.1) is 11.8 Å². The molecule has 2 aromatic rings. The number of benzene rings is 2. The molecule has 1 saturated heterocycles. The second kappa shape index (κ2) is 8.76. The molecule has 0 aliphatic carbocycles. The summed E-state index contributed by atoms with van der Waals surface area (Å²) in [5, 5.41) is 0. The first kappa shape index (κ1) is 21.0. The Bertz CT molecular complexity index is 916. The lowest BCUT2D eigenvalue weighted by Crippen LogP contribution is -2.42. The van der Waals surface area contributed by atoms with E-state index in [4.69, 9.17) is 4.74 Å². The lowest BCUT2D eigenvalue weighted by Gasteiger charge is -2.34.